The Morgan fingerprint density at radius 2 is 1.65 bits per heavy atom. The number of carbonyl (C=O) groups excluding carboxylic acids is 1. The Kier molecular flexibility index (Phi) is 6.60. The summed E-state index contributed by atoms with van der Waals surface area (Å²) in [6.45, 7) is 2.26. The highest BCUT2D eigenvalue weighted by molar-refractivity contribution is 5.75. The second-order valence-corrected chi connectivity index (χ2v) is 8.03. The number of rotatable bonds is 5. The number of esters is 1. The Balaban J connectivity index is 1.45. The fourth-order valence-electron chi connectivity index (χ4n) is 4.85. The Morgan fingerprint density at radius 1 is 1.04 bits per heavy atom. The highest BCUT2D eigenvalue weighted by atomic mass is 19.1. The third-order valence-electron chi connectivity index (χ3n) is 6.35. The van der Waals surface area contributed by atoms with E-state index < -0.39 is 17.9 Å². The number of carbonyl (C=O) groups is 1. The molecule has 0 unspecified atom stereocenters. The molecule has 0 spiro atoms. The number of aromatic nitrogens is 1. The van der Waals surface area contributed by atoms with Gasteiger partial charge >= 0.3 is 5.97 Å². The van der Waals surface area contributed by atoms with E-state index in [2.05, 4.69) is 11.9 Å². The van der Waals surface area contributed by atoms with Crippen LogP contribution in [0.5, 0.6) is 5.75 Å². The second-order valence-electron chi connectivity index (χ2n) is 8.03. The molecule has 2 aliphatic rings. The van der Waals surface area contributed by atoms with Gasteiger partial charge in [-0.1, -0.05) is 32.6 Å². The maximum atomic E-state index is 13.5. The van der Waals surface area contributed by atoms with Crippen molar-refractivity contribution >= 4 is 5.97 Å². The maximum absolute atomic E-state index is 13.5. The van der Waals surface area contributed by atoms with Crippen molar-refractivity contribution in [2.45, 2.75) is 71.1 Å². The molecular formula is C21H29F2NO2. The average Bonchev–Trinajstić information content (AvgIpc) is 2.65. The van der Waals surface area contributed by atoms with Crippen molar-refractivity contribution in [3.05, 3.63) is 24.0 Å². The molecule has 26 heavy (non-hydrogen) atoms. The van der Waals surface area contributed by atoms with Gasteiger partial charge < -0.3 is 4.74 Å². The molecule has 0 N–H and O–H groups in total. The lowest BCUT2D eigenvalue weighted by Crippen LogP contribution is -2.30. The molecule has 0 atom stereocenters. The summed E-state index contributed by atoms with van der Waals surface area (Å²) in [5.74, 6) is -0.443. The molecule has 1 aromatic rings. The molecule has 0 saturated heterocycles. The fourth-order valence-corrected chi connectivity index (χ4v) is 4.85. The Bertz CT molecular complexity index is 606. The minimum absolute atomic E-state index is 0.188. The Hall–Kier alpha value is -1.52. The van der Waals surface area contributed by atoms with Crippen molar-refractivity contribution in [1.82, 2.24) is 4.98 Å². The maximum Gasteiger partial charge on any atom is 0.314 e. The first kappa shape index (κ1) is 19.2. The van der Waals surface area contributed by atoms with E-state index >= 15 is 0 Å². The summed E-state index contributed by atoms with van der Waals surface area (Å²) in [4.78, 5) is 15.3. The highest BCUT2D eigenvalue weighted by Gasteiger charge is 2.33. The van der Waals surface area contributed by atoms with Gasteiger partial charge in [-0.15, -0.1) is 0 Å². The summed E-state index contributed by atoms with van der Waals surface area (Å²) in [6.07, 6.45) is 11.7. The topological polar surface area (TPSA) is 39.2 Å². The van der Waals surface area contributed by atoms with E-state index in [9.17, 15) is 13.6 Å². The molecule has 1 heterocycles. The van der Waals surface area contributed by atoms with Crippen LogP contribution >= 0.6 is 0 Å². The van der Waals surface area contributed by atoms with Gasteiger partial charge in [0.25, 0.3) is 5.95 Å². The van der Waals surface area contributed by atoms with Gasteiger partial charge in [-0.05, 0) is 68.4 Å². The highest BCUT2D eigenvalue weighted by Crippen LogP contribution is 2.42. The smallest absolute Gasteiger partial charge is 0.314 e. The molecule has 144 valence electrons. The quantitative estimate of drug-likeness (QED) is 0.498. The van der Waals surface area contributed by atoms with Crippen LogP contribution in [-0.4, -0.2) is 11.0 Å². The van der Waals surface area contributed by atoms with Crippen molar-refractivity contribution in [1.29, 1.82) is 0 Å². The molecule has 3 rings (SSSR count). The number of ether oxygens (including phenoxy) is 1. The first-order valence-corrected chi connectivity index (χ1v) is 10.1. The minimum atomic E-state index is -1.07. The fraction of sp³-hybridized carbons (Fsp3) is 0.714. The first-order chi connectivity index (χ1) is 12.6. The van der Waals surface area contributed by atoms with E-state index in [0.717, 1.165) is 49.7 Å². The Labute approximate surface area is 154 Å². The molecule has 2 saturated carbocycles. The molecule has 0 amide bonds. The Morgan fingerprint density at radius 3 is 2.23 bits per heavy atom. The average molecular weight is 365 g/mol. The third-order valence-corrected chi connectivity index (χ3v) is 6.35. The van der Waals surface area contributed by atoms with Crippen LogP contribution in [0.2, 0.25) is 0 Å². The van der Waals surface area contributed by atoms with E-state index in [4.69, 9.17) is 4.74 Å². The van der Waals surface area contributed by atoms with Crippen LogP contribution in [0.4, 0.5) is 8.78 Å². The predicted molar refractivity (Wildman–Crippen MR) is 95.6 cm³/mol. The summed E-state index contributed by atoms with van der Waals surface area (Å²) < 4.78 is 31.5. The zero-order valence-corrected chi connectivity index (χ0v) is 15.6. The molecular weight excluding hydrogens is 336 g/mol. The molecule has 1 aromatic heterocycles. The van der Waals surface area contributed by atoms with Gasteiger partial charge in [-0.3, -0.25) is 4.79 Å². The molecule has 2 aliphatic carbocycles. The van der Waals surface area contributed by atoms with Crippen LogP contribution in [0, 0.1) is 35.6 Å². The van der Waals surface area contributed by atoms with Gasteiger partial charge in [-0.2, -0.15) is 13.8 Å². The molecule has 2 fully saturated rings. The van der Waals surface area contributed by atoms with Crippen LogP contribution < -0.4 is 4.74 Å². The number of nitrogens with zero attached hydrogens (tertiary/aromatic N) is 1. The summed E-state index contributed by atoms with van der Waals surface area (Å²) in [5, 5.41) is 0. The van der Waals surface area contributed by atoms with E-state index in [-0.39, 0.29) is 11.7 Å². The normalized spacial score (nSPS) is 29.3. The van der Waals surface area contributed by atoms with Crippen molar-refractivity contribution in [3.63, 3.8) is 0 Å². The van der Waals surface area contributed by atoms with E-state index in [1.807, 2.05) is 0 Å². The number of hydrogen-bond donors (Lipinski definition) is 0. The SMILES string of the molecule is CCC[C@H]1CC[C@H](C2CCC(C(=O)Oc3ccc(F)nc3F)CC2)CC1. The second kappa shape index (κ2) is 8.92. The van der Waals surface area contributed by atoms with Crippen molar-refractivity contribution in [2.24, 2.45) is 23.7 Å². The summed E-state index contributed by atoms with van der Waals surface area (Å²) >= 11 is 0. The zero-order chi connectivity index (χ0) is 18.5. The largest absolute Gasteiger partial charge is 0.421 e. The monoisotopic (exact) mass is 365 g/mol. The van der Waals surface area contributed by atoms with Gasteiger partial charge in [0, 0.05) is 0 Å². The number of hydrogen-bond acceptors (Lipinski definition) is 3. The first-order valence-electron chi connectivity index (χ1n) is 10.1. The van der Waals surface area contributed by atoms with Crippen molar-refractivity contribution < 1.29 is 18.3 Å². The van der Waals surface area contributed by atoms with Crippen LogP contribution in [0.25, 0.3) is 0 Å². The summed E-state index contributed by atoms with van der Waals surface area (Å²) in [6, 6.07) is 2.12. The van der Waals surface area contributed by atoms with Gasteiger partial charge in [0.2, 0.25) is 5.95 Å². The van der Waals surface area contributed by atoms with E-state index in [0.29, 0.717) is 5.92 Å². The molecule has 3 nitrogen and oxygen atoms in total. The minimum Gasteiger partial charge on any atom is -0.421 e. The van der Waals surface area contributed by atoms with Crippen LogP contribution in [0.3, 0.4) is 0 Å². The molecule has 0 aliphatic heterocycles. The zero-order valence-electron chi connectivity index (χ0n) is 15.6. The summed E-state index contributed by atoms with van der Waals surface area (Å²) in [7, 11) is 0. The lowest BCUT2D eigenvalue weighted by molar-refractivity contribution is -0.140. The van der Waals surface area contributed by atoms with Crippen molar-refractivity contribution in [2.75, 3.05) is 0 Å². The lowest BCUT2D eigenvalue weighted by atomic mass is 9.69. The molecule has 0 bridgehead atoms. The lowest BCUT2D eigenvalue weighted by Gasteiger charge is -2.37. The molecule has 0 aromatic carbocycles. The van der Waals surface area contributed by atoms with Crippen LogP contribution in [-0.2, 0) is 4.79 Å². The molecule has 5 heteroatoms. The summed E-state index contributed by atoms with van der Waals surface area (Å²) in [5.41, 5.74) is 0. The predicted octanol–water partition coefficient (Wildman–Crippen LogP) is 5.68. The van der Waals surface area contributed by atoms with Crippen molar-refractivity contribution in [3.8, 4) is 5.75 Å². The van der Waals surface area contributed by atoms with Crippen LogP contribution in [0.1, 0.15) is 71.1 Å². The van der Waals surface area contributed by atoms with Crippen LogP contribution in [0.15, 0.2) is 12.1 Å². The van der Waals surface area contributed by atoms with Gasteiger partial charge in [0.15, 0.2) is 5.75 Å². The van der Waals surface area contributed by atoms with E-state index in [1.165, 1.54) is 38.5 Å². The van der Waals surface area contributed by atoms with Gasteiger partial charge in [0.05, 0.1) is 5.92 Å². The van der Waals surface area contributed by atoms with Gasteiger partial charge in [0.1, 0.15) is 0 Å². The van der Waals surface area contributed by atoms with E-state index in [1.54, 1.807) is 0 Å². The van der Waals surface area contributed by atoms with Gasteiger partial charge in [-0.25, -0.2) is 0 Å². The standard InChI is InChI=1S/C21H29F2NO2/c1-2-3-14-4-6-15(7-5-14)16-8-10-17(11-9-16)21(25)26-18-12-13-19(22)24-20(18)23/h12-17H,2-11H2,1H3/t14-,15-,16?,17?. The number of pyridine rings is 1. The number of halogens is 2. The molecule has 0 radical (unpaired) electrons. The third kappa shape index (κ3) is 4.80.